The fraction of sp³-hybridized carbons (Fsp3) is 0.435. The van der Waals surface area contributed by atoms with E-state index in [1.54, 1.807) is 0 Å². The Morgan fingerprint density at radius 1 is 1.00 bits per heavy atom. The van der Waals surface area contributed by atoms with Gasteiger partial charge in [0.25, 0.3) is 11.8 Å². The molecule has 4 rings (SSSR count). The standard InChI is InChI=1S/C23H15ClF12N4O5S/c1-39(10-4-5-10)18(41)11-7-9(3-6-12(11)24)14-8-13(38-44-14)16-15(19(25,26)27)17(37-40(16)2)45-46(42,43)23(35,36)21(30,31)20(28,29)22(32,33)34/h3,6-8,10H,4-5H2,1-2H3. The first kappa shape index (κ1) is 35.2. The Morgan fingerprint density at radius 3 is 2.11 bits per heavy atom. The van der Waals surface area contributed by atoms with Crippen molar-refractivity contribution in [3.05, 3.63) is 40.4 Å². The highest BCUT2D eigenvalue weighted by molar-refractivity contribution is 7.88. The summed E-state index contributed by atoms with van der Waals surface area (Å²) in [6.07, 6.45) is -11.8. The van der Waals surface area contributed by atoms with Crippen LogP contribution in [0.2, 0.25) is 5.02 Å². The molecule has 0 bridgehead atoms. The summed E-state index contributed by atoms with van der Waals surface area (Å²) in [7, 11) is -5.65. The number of hydrogen-bond donors (Lipinski definition) is 0. The van der Waals surface area contributed by atoms with Crippen LogP contribution < -0.4 is 4.18 Å². The Hall–Kier alpha value is -3.69. The van der Waals surface area contributed by atoms with Gasteiger partial charge in [-0.05, 0) is 31.0 Å². The van der Waals surface area contributed by atoms with Gasteiger partial charge < -0.3 is 13.6 Å². The van der Waals surface area contributed by atoms with Crippen LogP contribution in [0.25, 0.3) is 22.7 Å². The number of benzene rings is 1. The molecule has 0 spiro atoms. The summed E-state index contributed by atoms with van der Waals surface area (Å²) in [5, 5.41) is -1.23. The molecule has 1 aliphatic carbocycles. The maximum atomic E-state index is 14.1. The first-order valence-electron chi connectivity index (χ1n) is 12.1. The third-order valence-electron chi connectivity index (χ3n) is 6.57. The average molecular weight is 723 g/mol. The summed E-state index contributed by atoms with van der Waals surface area (Å²) in [4.78, 5) is 14.2. The van der Waals surface area contributed by atoms with E-state index in [0.717, 1.165) is 18.9 Å². The zero-order valence-electron chi connectivity index (χ0n) is 22.5. The Kier molecular flexibility index (Phi) is 8.37. The second-order valence-electron chi connectivity index (χ2n) is 9.77. The van der Waals surface area contributed by atoms with E-state index < -0.39 is 68.3 Å². The van der Waals surface area contributed by atoms with Gasteiger partial charge in [-0.15, -0.1) is 5.10 Å². The minimum absolute atomic E-state index is 0.00893. The number of hydrogen-bond acceptors (Lipinski definition) is 7. The maximum Gasteiger partial charge on any atom is 0.460 e. The lowest BCUT2D eigenvalue weighted by atomic mass is 10.1. The normalized spacial score (nSPS) is 15.3. The largest absolute Gasteiger partial charge is 0.460 e. The lowest BCUT2D eigenvalue weighted by molar-refractivity contribution is -0.382. The Labute approximate surface area is 253 Å². The number of nitrogens with zero attached hydrogens (tertiary/aromatic N) is 4. The molecule has 9 nitrogen and oxygen atoms in total. The van der Waals surface area contributed by atoms with E-state index in [4.69, 9.17) is 16.1 Å². The summed E-state index contributed by atoms with van der Waals surface area (Å²) < 4.78 is 194. The van der Waals surface area contributed by atoms with Crippen molar-refractivity contribution < 1.29 is 74.6 Å². The Bertz CT molecular complexity index is 1780. The van der Waals surface area contributed by atoms with E-state index >= 15 is 0 Å². The number of rotatable bonds is 9. The van der Waals surface area contributed by atoms with Gasteiger partial charge in [-0.1, -0.05) is 16.8 Å². The molecule has 0 aliphatic heterocycles. The van der Waals surface area contributed by atoms with Crippen LogP contribution in [0.15, 0.2) is 28.8 Å². The molecule has 254 valence electrons. The van der Waals surface area contributed by atoms with Gasteiger partial charge in [0.05, 0.1) is 10.6 Å². The van der Waals surface area contributed by atoms with Gasteiger partial charge in [-0.2, -0.15) is 61.1 Å². The number of alkyl halides is 12. The van der Waals surface area contributed by atoms with Crippen LogP contribution in [0, 0.1) is 0 Å². The van der Waals surface area contributed by atoms with Crippen LogP contribution in [0.5, 0.6) is 5.88 Å². The fourth-order valence-electron chi connectivity index (χ4n) is 3.96. The first-order chi connectivity index (χ1) is 20.8. The third-order valence-corrected chi connectivity index (χ3v) is 8.16. The molecule has 1 fully saturated rings. The van der Waals surface area contributed by atoms with Gasteiger partial charge in [0.1, 0.15) is 17.0 Å². The van der Waals surface area contributed by atoms with Gasteiger partial charge >= 0.3 is 39.6 Å². The molecule has 46 heavy (non-hydrogen) atoms. The summed E-state index contributed by atoms with van der Waals surface area (Å²) in [6.45, 7) is 0. The van der Waals surface area contributed by atoms with Crippen molar-refractivity contribution in [3.8, 4) is 28.6 Å². The molecule has 2 aromatic heterocycles. The molecule has 0 radical (unpaired) electrons. The minimum atomic E-state index is -7.78. The van der Waals surface area contributed by atoms with Gasteiger partial charge in [-0.25, -0.2) is 0 Å². The van der Waals surface area contributed by atoms with Crippen molar-refractivity contribution in [3.63, 3.8) is 0 Å². The molecule has 0 atom stereocenters. The molecular formula is C23H15ClF12N4O5S. The summed E-state index contributed by atoms with van der Waals surface area (Å²) in [6, 6.07) is 4.42. The molecular weight excluding hydrogens is 708 g/mol. The zero-order chi connectivity index (χ0) is 35.0. The van der Waals surface area contributed by atoms with Crippen molar-refractivity contribution >= 4 is 27.6 Å². The van der Waals surface area contributed by atoms with E-state index in [-0.39, 0.29) is 32.6 Å². The number of amides is 1. The van der Waals surface area contributed by atoms with E-state index in [1.807, 2.05) is 0 Å². The highest BCUT2D eigenvalue weighted by Gasteiger charge is 2.86. The number of aromatic nitrogens is 3. The second-order valence-corrected chi connectivity index (χ2v) is 11.8. The topological polar surface area (TPSA) is 108 Å². The van der Waals surface area contributed by atoms with E-state index in [1.165, 1.54) is 30.1 Å². The monoisotopic (exact) mass is 722 g/mol. The molecule has 23 heteroatoms. The molecule has 0 saturated heterocycles. The van der Waals surface area contributed by atoms with Crippen LogP contribution in [-0.4, -0.2) is 70.5 Å². The van der Waals surface area contributed by atoms with E-state index in [0.29, 0.717) is 7.05 Å². The predicted molar refractivity (Wildman–Crippen MR) is 130 cm³/mol. The Balaban J connectivity index is 1.76. The van der Waals surface area contributed by atoms with Gasteiger partial charge in [0, 0.05) is 31.8 Å². The minimum Gasteiger partial charge on any atom is -0.356 e. The molecule has 1 aromatic carbocycles. The van der Waals surface area contributed by atoms with Crippen LogP contribution in [0.3, 0.4) is 0 Å². The third kappa shape index (κ3) is 5.72. The molecule has 0 unspecified atom stereocenters. The number of halogens is 13. The summed E-state index contributed by atoms with van der Waals surface area (Å²) >= 11 is 6.11. The van der Waals surface area contributed by atoms with E-state index in [2.05, 4.69) is 14.4 Å². The molecule has 3 aromatic rings. The SMILES string of the molecule is CN(C(=O)c1cc(-c2cc(-c3c(C(F)(F)F)c(OS(=O)(=O)C(F)(F)C(F)(F)C(F)(F)C(F)(F)F)nn3C)no2)ccc1Cl)C1CC1. The van der Waals surface area contributed by atoms with Crippen molar-refractivity contribution in [2.24, 2.45) is 7.05 Å². The molecule has 1 amide bonds. The van der Waals surface area contributed by atoms with Crippen LogP contribution in [-0.2, 0) is 23.3 Å². The number of aryl methyl sites for hydroxylation is 1. The first-order valence-corrected chi connectivity index (χ1v) is 13.9. The van der Waals surface area contributed by atoms with Crippen molar-refractivity contribution in [2.75, 3.05) is 7.05 Å². The highest BCUT2D eigenvalue weighted by Crippen LogP contribution is 2.55. The number of carbonyl (C=O) groups excluding carboxylic acids is 1. The molecule has 2 heterocycles. The predicted octanol–water partition coefficient (Wildman–Crippen LogP) is 6.78. The number of carbonyl (C=O) groups is 1. The fourth-order valence-corrected chi connectivity index (χ4v) is 5.03. The molecule has 0 N–H and O–H groups in total. The maximum absolute atomic E-state index is 14.1. The van der Waals surface area contributed by atoms with Crippen molar-refractivity contribution in [2.45, 2.75) is 48.3 Å². The van der Waals surface area contributed by atoms with Crippen LogP contribution >= 0.6 is 11.6 Å². The summed E-state index contributed by atoms with van der Waals surface area (Å²) in [5.74, 6) is -18.8. The van der Waals surface area contributed by atoms with Crippen LogP contribution in [0.1, 0.15) is 28.8 Å². The quantitative estimate of drug-likeness (QED) is 0.177. The van der Waals surface area contributed by atoms with Crippen molar-refractivity contribution in [1.29, 1.82) is 0 Å². The lowest BCUT2D eigenvalue weighted by Gasteiger charge is -2.32. The second kappa shape index (κ2) is 10.9. The van der Waals surface area contributed by atoms with Crippen molar-refractivity contribution in [1.82, 2.24) is 19.8 Å². The average Bonchev–Trinajstić information content (AvgIpc) is 3.56. The van der Waals surface area contributed by atoms with Gasteiger partial charge in [-0.3, -0.25) is 9.48 Å². The van der Waals surface area contributed by atoms with Crippen LogP contribution in [0.4, 0.5) is 52.7 Å². The van der Waals surface area contributed by atoms with Gasteiger partial charge in [0.15, 0.2) is 5.76 Å². The zero-order valence-corrected chi connectivity index (χ0v) is 24.0. The highest BCUT2D eigenvalue weighted by atomic mass is 35.5. The molecule has 1 saturated carbocycles. The Morgan fingerprint density at radius 2 is 1.59 bits per heavy atom. The van der Waals surface area contributed by atoms with E-state index in [9.17, 15) is 65.9 Å². The summed E-state index contributed by atoms with van der Waals surface area (Å²) in [5.41, 5.74) is -4.63. The smallest absolute Gasteiger partial charge is 0.356 e. The molecule has 1 aliphatic rings. The lowest BCUT2D eigenvalue weighted by Crippen LogP contribution is -2.63. The van der Waals surface area contributed by atoms with Gasteiger partial charge in [0.2, 0.25) is 0 Å².